The number of furan rings is 1. The van der Waals surface area contributed by atoms with Gasteiger partial charge in [-0.15, -0.1) is 0 Å². The average molecular weight is 477 g/mol. The number of rotatable bonds is 8. The van der Waals surface area contributed by atoms with Gasteiger partial charge in [-0.25, -0.2) is 4.39 Å². The summed E-state index contributed by atoms with van der Waals surface area (Å²) in [5, 5.41) is 2.89. The van der Waals surface area contributed by atoms with Gasteiger partial charge in [-0.3, -0.25) is 9.59 Å². The third kappa shape index (κ3) is 5.24. The number of hydrogen-bond donors (Lipinski definition) is 1. The van der Waals surface area contributed by atoms with Crippen molar-refractivity contribution >= 4 is 11.8 Å². The summed E-state index contributed by atoms with van der Waals surface area (Å²) >= 11 is 0. The molecule has 35 heavy (non-hydrogen) atoms. The maximum absolute atomic E-state index is 14.1. The SMILES string of the molecule is CCC(=O)N1CCc2ccc(OCc3ccc(C(=O)NCC4CC4)o3)cc2[C@@H]1c1cccc(F)c1. The van der Waals surface area contributed by atoms with E-state index in [1.807, 2.05) is 36.1 Å². The smallest absolute Gasteiger partial charge is 0.287 e. The van der Waals surface area contributed by atoms with Gasteiger partial charge in [0.2, 0.25) is 5.91 Å². The van der Waals surface area contributed by atoms with Gasteiger partial charge in [-0.1, -0.05) is 25.1 Å². The molecule has 0 unspecified atom stereocenters. The summed E-state index contributed by atoms with van der Waals surface area (Å²) in [6.07, 6.45) is 3.45. The summed E-state index contributed by atoms with van der Waals surface area (Å²) in [5.41, 5.74) is 2.78. The van der Waals surface area contributed by atoms with Crippen LogP contribution in [0.2, 0.25) is 0 Å². The molecule has 3 aromatic rings. The van der Waals surface area contributed by atoms with Crippen LogP contribution < -0.4 is 10.1 Å². The minimum absolute atomic E-state index is 0.0271. The van der Waals surface area contributed by atoms with Gasteiger partial charge in [0.1, 0.15) is 23.9 Å². The van der Waals surface area contributed by atoms with E-state index in [2.05, 4.69) is 5.32 Å². The fourth-order valence-electron chi connectivity index (χ4n) is 4.57. The van der Waals surface area contributed by atoms with Gasteiger partial charge in [-0.2, -0.15) is 0 Å². The van der Waals surface area contributed by atoms with Gasteiger partial charge < -0.3 is 19.4 Å². The third-order valence-electron chi connectivity index (χ3n) is 6.65. The molecule has 1 aliphatic heterocycles. The lowest BCUT2D eigenvalue weighted by atomic mass is 9.87. The summed E-state index contributed by atoms with van der Waals surface area (Å²) in [7, 11) is 0. The number of ether oxygens (including phenoxy) is 1. The van der Waals surface area contributed by atoms with E-state index in [1.165, 1.54) is 25.0 Å². The van der Waals surface area contributed by atoms with E-state index in [4.69, 9.17) is 9.15 Å². The van der Waals surface area contributed by atoms with Gasteiger partial charge in [0, 0.05) is 19.5 Å². The molecule has 182 valence electrons. The van der Waals surface area contributed by atoms with Crippen molar-refractivity contribution in [2.24, 2.45) is 5.92 Å². The second-order valence-corrected chi connectivity index (χ2v) is 9.22. The van der Waals surface area contributed by atoms with Crippen LogP contribution in [0.15, 0.2) is 59.0 Å². The van der Waals surface area contributed by atoms with Crippen molar-refractivity contribution in [3.05, 3.63) is 88.6 Å². The molecule has 1 saturated carbocycles. The molecule has 0 spiro atoms. The number of nitrogens with zero attached hydrogens (tertiary/aromatic N) is 1. The van der Waals surface area contributed by atoms with E-state index in [0.717, 1.165) is 23.1 Å². The monoisotopic (exact) mass is 476 g/mol. The fourth-order valence-corrected chi connectivity index (χ4v) is 4.57. The highest BCUT2D eigenvalue weighted by Crippen LogP contribution is 2.38. The van der Waals surface area contributed by atoms with E-state index in [0.29, 0.717) is 36.9 Å². The van der Waals surface area contributed by atoms with Crippen molar-refractivity contribution in [1.82, 2.24) is 10.2 Å². The Morgan fingerprint density at radius 3 is 2.77 bits per heavy atom. The molecule has 1 fully saturated rings. The van der Waals surface area contributed by atoms with Crippen LogP contribution in [0.1, 0.15) is 65.2 Å². The Labute approximate surface area is 204 Å². The highest BCUT2D eigenvalue weighted by atomic mass is 19.1. The van der Waals surface area contributed by atoms with Crippen molar-refractivity contribution in [1.29, 1.82) is 0 Å². The number of hydrogen-bond acceptors (Lipinski definition) is 4. The summed E-state index contributed by atoms with van der Waals surface area (Å²) in [6, 6.07) is 15.2. The highest BCUT2D eigenvalue weighted by Gasteiger charge is 2.32. The summed E-state index contributed by atoms with van der Waals surface area (Å²) in [4.78, 5) is 26.8. The molecule has 5 rings (SSSR count). The fraction of sp³-hybridized carbons (Fsp3) is 0.357. The first-order valence-electron chi connectivity index (χ1n) is 12.2. The number of benzene rings is 2. The lowest BCUT2D eigenvalue weighted by Crippen LogP contribution is -2.40. The first-order chi connectivity index (χ1) is 17.0. The van der Waals surface area contributed by atoms with Crippen LogP contribution in [0.4, 0.5) is 4.39 Å². The average Bonchev–Trinajstić information content (AvgIpc) is 3.59. The Morgan fingerprint density at radius 2 is 2.00 bits per heavy atom. The van der Waals surface area contributed by atoms with Crippen LogP contribution in [-0.4, -0.2) is 29.8 Å². The molecule has 0 saturated heterocycles. The number of fused-ring (bicyclic) bond motifs is 1. The Balaban J connectivity index is 1.34. The molecule has 2 aliphatic rings. The van der Waals surface area contributed by atoms with Crippen LogP contribution in [-0.2, 0) is 17.8 Å². The van der Waals surface area contributed by atoms with Crippen molar-refractivity contribution < 1.29 is 23.1 Å². The van der Waals surface area contributed by atoms with Crippen molar-refractivity contribution in [2.75, 3.05) is 13.1 Å². The molecule has 6 nitrogen and oxygen atoms in total. The number of carbonyl (C=O) groups is 2. The molecule has 1 aromatic heterocycles. The van der Waals surface area contributed by atoms with Gasteiger partial charge in [0.15, 0.2) is 5.76 Å². The zero-order valence-electron chi connectivity index (χ0n) is 19.8. The Bertz CT molecular complexity index is 1230. The van der Waals surface area contributed by atoms with Crippen molar-refractivity contribution in [2.45, 2.75) is 45.3 Å². The normalized spacial score (nSPS) is 17.1. The quantitative estimate of drug-likeness (QED) is 0.496. The Morgan fingerprint density at radius 1 is 1.14 bits per heavy atom. The molecule has 0 bridgehead atoms. The number of nitrogens with one attached hydrogen (secondary N) is 1. The maximum Gasteiger partial charge on any atom is 0.287 e. The number of halogens is 1. The van der Waals surface area contributed by atoms with Gasteiger partial charge in [0.25, 0.3) is 5.91 Å². The minimum atomic E-state index is -0.379. The van der Waals surface area contributed by atoms with Crippen LogP contribution >= 0.6 is 0 Å². The second-order valence-electron chi connectivity index (χ2n) is 9.22. The van der Waals surface area contributed by atoms with Gasteiger partial charge >= 0.3 is 0 Å². The first-order valence-corrected chi connectivity index (χ1v) is 12.2. The predicted molar refractivity (Wildman–Crippen MR) is 128 cm³/mol. The summed E-state index contributed by atoms with van der Waals surface area (Å²) in [5.74, 6) is 1.52. The molecular formula is C28H29FN2O4. The van der Waals surface area contributed by atoms with Crippen LogP contribution in [0.3, 0.4) is 0 Å². The predicted octanol–water partition coefficient (Wildman–Crippen LogP) is 5.02. The van der Waals surface area contributed by atoms with Crippen LogP contribution in [0.25, 0.3) is 0 Å². The standard InChI is InChI=1S/C28H29FN2O4/c1-2-26(32)31-13-12-19-8-9-22(15-24(19)27(31)20-4-3-5-21(29)14-20)34-17-23-10-11-25(35-23)28(33)30-16-18-6-7-18/h3-5,8-11,14-15,18,27H,2,6-7,12-13,16-17H2,1H3,(H,30,33)/t27-/m0/s1. The number of amides is 2. The second kappa shape index (κ2) is 9.94. The van der Waals surface area contributed by atoms with Crippen LogP contribution in [0.5, 0.6) is 5.75 Å². The van der Waals surface area contributed by atoms with Crippen molar-refractivity contribution in [3.63, 3.8) is 0 Å². The lowest BCUT2D eigenvalue weighted by Gasteiger charge is -2.38. The maximum atomic E-state index is 14.1. The molecule has 1 aliphatic carbocycles. The van der Waals surface area contributed by atoms with Crippen molar-refractivity contribution in [3.8, 4) is 5.75 Å². The molecule has 0 radical (unpaired) electrons. The zero-order valence-corrected chi connectivity index (χ0v) is 19.8. The first kappa shape index (κ1) is 23.1. The molecule has 7 heteroatoms. The Hall–Kier alpha value is -3.61. The van der Waals surface area contributed by atoms with E-state index in [1.54, 1.807) is 18.2 Å². The highest BCUT2D eigenvalue weighted by molar-refractivity contribution is 5.91. The molecule has 2 aromatic carbocycles. The van der Waals surface area contributed by atoms with E-state index >= 15 is 0 Å². The lowest BCUT2D eigenvalue weighted by molar-refractivity contribution is -0.132. The Kier molecular flexibility index (Phi) is 6.57. The van der Waals surface area contributed by atoms with E-state index < -0.39 is 0 Å². The summed E-state index contributed by atoms with van der Waals surface area (Å²) in [6.45, 7) is 3.27. The summed E-state index contributed by atoms with van der Waals surface area (Å²) < 4.78 is 25.7. The van der Waals surface area contributed by atoms with E-state index in [-0.39, 0.29) is 36.0 Å². The van der Waals surface area contributed by atoms with E-state index in [9.17, 15) is 14.0 Å². The molecule has 1 N–H and O–H groups in total. The van der Waals surface area contributed by atoms with Crippen LogP contribution in [0, 0.1) is 11.7 Å². The molecule has 2 heterocycles. The third-order valence-corrected chi connectivity index (χ3v) is 6.65. The molecule has 1 atom stereocenters. The molecular weight excluding hydrogens is 447 g/mol. The van der Waals surface area contributed by atoms with Gasteiger partial charge in [0.05, 0.1) is 6.04 Å². The van der Waals surface area contributed by atoms with Gasteiger partial charge in [-0.05, 0) is 78.3 Å². The largest absolute Gasteiger partial charge is 0.486 e. The zero-order chi connectivity index (χ0) is 24.4. The number of carbonyl (C=O) groups excluding carboxylic acids is 2. The topological polar surface area (TPSA) is 71.8 Å². The minimum Gasteiger partial charge on any atom is -0.486 e. The molecule has 2 amide bonds.